The molecule has 0 aromatic heterocycles. The highest BCUT2D eigenvalue weighted by atomic mass is 79.9. The zero-order valence-electron chi connectivity index (χ0n) is 12.8. The van der Waals surface area contributed by atoms with E-state index in [0.29, 0.717) is 12.6 Å². The number of carbonyl (C=O) groups is 1. The van der Waals surface area contributed by atoms with Crippen LogP contribution in [0.25, 0.3) is 0 Å². The van der Waals surface area contributed by atoms with Crippen LogP contribution >= 0.6 is 15.9 Å². The summed E-state index contributed by atoms with van der Waals surface area (Å²) in [7, 11) is 2.04. The lowest BCUT2D eigenvalue weighted by Gasteiger charge is -2.26. The average molecular weight is 354 g/mol. The molecular weight excluding hydrogens is 330 g/mol. The summed E-state index contributed by atoms with van der Waals surface area (Å²) in [5.41, 5.74) is 2.00. The van der Waals surface area contributed by atoms with Crippen LogP contribution < -0.4 is 10.6 Å². The van der Waals surface area contributed by atoms with Gasteiger partial charge in [0.15, 0.2) is 0 Å². The van der Waals surface area contributed by atoms with E-state index in [2.05, 4.69) is 31.5 Å². The number of nitrogens with zero attached hydrogens (tertiary/aromatic N) is 1. The summed E-state index contributed by atoms with van der Waals surface area (Å²) in [4.78, 5) is 14.4. The van der Waals surface area contributed by atoms with Crippen molar-refractivity contribution in [3.8, 4) is 0 Å². The molecule has 116 valence electrons. The molecule has 1 unspecified atom stereocenters. The molecule has 1 atom stereocenters. The summed E-state index contributed by atoms with van der Waals surface area (Å²) in [6, 6.07) is 6.44. The van der Waals surface area contributed by atoms with E-state index < -0.39 is 0 Å². The van der Waals surface area contributed by atoms with Crippen molar-refractivity contribution in [2.75, 3.05) is 32.0 Å². The monoisotopic (exact) mass is 353 g/mol. The highest BCUT2D eigenvalue weighted by Crippen LogP contribution is 2.23. The van der Waals surface area contributed by atoms with Gasteiger partial charge in [-0.25, -0.2) is 0 Å². The fourth-order valence-electron chi connectivity index (χ4n) is 2.71. The van der Waals surface area contributed by atoms with Crippen LogP contribution in [0.1, 0.15) is 24.8 Å². The summed E-state index contributed by atoms with van der Waals surface area (Å²) < 4.78 is 0.928. The molecule has 0 spiro atoms. The molecule has 4 nitrogen and oxygen atoms in total. The van der Waals surface area contributed by atoms with Gasteiger partial charge >= 0.3 is 0 Å². The van der Waals surface area contributed by atoms with E-state index in [1.54, 1.807) is 0 Å². The second-order valence-corrected chi connectivity index (χ2v) is 6.64. The third-order valence-electron chi connectivity index (χ3n) is 3.96. The van der Waals surface area contributed by atoms with Gasteiger partial charge in [0.05, 0.1) is 12.2 Å². The van der Waals surface area contributed by atoms with Crippen LogP contribution in [-0.4, -0.2) is 43.5 Å². The SMILES string of the molecule is Cc1ccc(NC(=O)CN(C)C2CCCNCC2)c(Br)c1. The predicted molar refractivity (Wildman–Crippen MR) is 90.6 cm³/mol. The van der Waals surface area contributed by atoms with E-state index in [0.717, 1.165) is 36.1 Å². The number of halogens is 1. The van der Waals surface area contributed by atoms with Gasteiger partial charge in [-0.1, -0.05) is 6.07 Å². The number of hydrogen-bond acceptors (Lipinski definition) is 3. The maximum Gasteiger partial charge on any atom is 0.238 e. The van der Waals surface area contributed by atoms with Crippen LogP contribution in [0, 0.1) is 6.92 Å². The van der Waals surface area contributed by atoms with Gasteiger partial charge in [0.2, 0.25) is 5.91 Å². The zero-order chi connectivity index (χ0) is 15.2. The van der Waals surface area contributed by atoms with Gasteiger partial charge in [0.1, 0.15) is 0 Å². The number of rotatable bonds is 4. The Hall–Kier alpha value is -0.910. The van der Waals surface area contributed by atoms with Gasteiger partial charge in [0.25, 0.3) is 0 Å². The molecule has 21 heavy (non-hydrogen) atoms. The van der Waals surface area contributed by atoms with Crippen LogP contribution in [0.2, 0.25) is 0 Å². The standard InChI is InChI=1S/C16H24BrN3O/c1-12-5-6-15(14(17)10-12)19-16(21)11-20(2)13-4-3-8-18-9-7-13/h5-6,10,13,18H,3-4,7-9,11H2,1-2H3,(H,19,21). The molecule has 2 N–H and O–H groups in total. The van der Waals surface area contributed by atoms with Crippen LogP contribution in [0.3, 0.4) is 0 Å². The summed E-state index contributed by atoms with van der Waals surface area (Å²) in [5.74, 6) is 0.0410. The fourth-order valence-corrected chi connectivity index (χ4v) is 3.30. The summed E-state index contributed by atoms with van der Waals surface area (Å²) in [6.45, 7) is 4.60. The quantitative estimate of drug-likeness (QED) is 0.874. The number of anilines is 1. The minimum Gasteiger partial charge on any atom is -0.324 e. The smallest absolute Gasteiger partial charge is 0.238 e. The van der Waals surface area contributed by atoms with Crippen LogP contribution in [0.5, 0.6) is 0 Å². The Labute approximate surface area is 135 Å². The van der Waals surface area contributed by atoms with E-state index in [9.17, 15) is 4.79 Å². The van der Waals surface area contributed by atoms with Crippen molar-refractivity contribution in [1.29, 1.82) is 0 Å². The molecule has 1 aliphatic heterocycles. The molecule has 1 amide bonds. The number of aryl methyl sites for hydroxylation is 1. The molecule has 0 radical (unpaired) electrons. The summed E-state index contributed by atoms with van der Waals surface area (Å²) >= 11 is 3.49. The third kappa shape index (κ3) is 5.09. The second-order valence-electron chi connectivity index (χ2n) is 5.78. The van der Waals surface area contributed by atoms with Crippen molar-refractivity contribution in [2.24, 2.45) is 0 Å². The number of amides is 1. The molecule has 0 saturated carbocycles. The van der Waals surface area contributed by atoms with Crippen molar-refractivity contribution in [1.82, 2.24) is 10.2 Å². The van der Waals surface area contributed by atoms with Crippen molar-refractivity contribution >= 4 is 27.5 Å². The Morgan fingerprint density at radius 1 is 1.43 bits per heavy atom. The number of benzene rings is 1. The maximum absolute atomic E-state index is 12.2. The first kappa shape index (κ1) is 16.5. The molecule has 1 saturated heterocycles. The second kappa shape index (κ2) is 7.92. The normalized spacial score (nSPS) is 19.3. The number of carbonyl (C=O) groups excluding carboxylic acids is 1. The zero-order valence-corrected chi connectivity index (χ0v) is 14.4. The summed E-state index contributed by atoms with van der Waals surface area (Å²) in [6.07, 6.45) is 3.45. The van der Waals surface area contributed by atoms with E-state index in [1.165, 1.54) is 12.0 Å². The van der Waals surface area contributed by atoms with Gasteiger partial charge in [-0.3, -0.25) is 9.69 Å². The molecule has 1 aromatic rings. The van der Waals surface area contributed by atoms with Crippen LogP contribution in [0.4, 0.5) is 5.69 Å². The molecular formula is C16H24BrN3O. The topological polar surface area (TPSA) is 44.4 Å². The number of hydrogen-bond donors (Lipinski definition) is 2. The first-order chi connectivity index (χ1) is 10.1. The Morgan fingerprint density at radius 3 is 3.00 bits per heavy atom. The molecule has 0 bridgehead atoms. The van der Waals surface area contributed by atoms with E-state index in [-0.39, 0.29) is 5.91 Å². The predicted octanol–water partition coefficient (Wildman–Crippen LogP) is 2.77. The minimum atomic E-state index is 0.0410. The first-order valence-electron chi connectivity index (χ1n) is 7.53. The van der Waals surface area contributed by atoms with Crippen molar-refractivity contribution in [2.45, 2.75) is 32.2 Å². The Morgan fingerprint density at radius 2 is 2.24 bits per heavy atom. The highest BCUT2D eigenvalue weighted by molar-refractivity contribution is 9.10. The number of nitrogens with one attached hydrogen (secondary N) is 2. The van der Waals surface area contributed by atoms with Gasteiger partial charge < -0.3 is 10.6 Å². The van der Waals surface area contributed by atoms with Crippen molar-refractivity contribution < 1.29 is 4.79 Å². The summed E-state index contributed by atoms with van der Waals surface area (Å²) in [5, 5.41) is 6.38. The lowest BCUT2D eigenvalue weighted by atomic mass is 10.1. The van der Waals surface area contributed by atoms with Crippen LogP contribution in [-0.2, 0) is 4.79 Å². The molecule has 1 heterocycles. The van der Waals surface area contributed by atoms with E-state index in [4.69, 9.17) is 0 Å². The molecule has 1 aliphatic rings. The number of likely N-dealkylation sites (N-methyl/N-ethyl adjacent to an activating group) is 1. The van der Waals surface area contributed by atoms with Gasteiger partial charge in [-0.05, 0) is 79.9 Å². The van der Waals surface area contributed by atoms with Crippen molar-refractivity contribution in [3.05, 3.63) is 28.2 Å². The Kier molecular flexibility index (Phi) is 6.21. The molecule has 0 aliphatic carbocycles. The molecule has 1 fully saturated rings. The lowest BCUT2D eigenvalue weighted by molar-refractivity contribution is -0.117. The lowest BCUT2D eigenvalue weighted by Crippen LogP contribution is -2.38. The van der Waals surface area contributed by atoms with Crippen molar-refractivity contribution in [3.63, 3.8) is 0 Å². The Bertz CT molecular complexity index is 484. The van der Waals surface area contributed by atoms with Gasteiger partial charge in [-0.2, -0.15) is 0 Å². The fraction of sp³-hybridized carbons (Fsp3) is 0.562. The Balaban J connectivity index is 1.88. The largest absolute Gasteiger partial charge is 0.324 e. The van der Waals surface area contributed by atoms with E-state index >= 15 is 0 Å². The minimum absolute atomic E-state index is 0.0410. The average Bonchev–Trinajstić information content (AvgIpc) is 2.71. The molecule has 1 aromatic carbocycles. The third-order valence-corrected chi connectivity index (χ3v) is 4.62. The van der Waals surface area contributed by atoms with E-state index in [1.807, 2.05) is 32.2 Å². The molecule has 2 rings (SSSR count). The van der Waals surface area contributed by atoms with Gasteiger partial charge in [0, 0.05) is 10.5 Å². The van der Waals surface area contributed by atoms with Gasteiger partial charge in [-0.15, -0.1) is 0 Å². The highest BCUT2D eigenvalue weighted by Gasteiger charge is 2.19. The maximum atomic E-state index is 12.2. The van der Waals surface area contributed by atoms with Crippen LogP contribution in [0.15, 0.2) is 22.7 Å². The first-order valence-corrected chi connectivity index (χ1v) is 8.32. The molecule has 5 heteroatoms.